The molecule has 0 spiro atoms. The summed E-state index contributed by atoms with van der Waals surface area (Å²) < 4.78 is 11.3. The molecule has 2 aliphatic heterocycles. The summed E-state index contributed by atoms with van der Waals surface area (Å²) >= 11 is 0. The van der Waals surface area contributed by atoms with E-state index in [0.717, 1.165) is 56.0 Å². The molecule has 1 aromatic carbocycles. The molecule has 3 rings (SSSR count). The van der Waals surface area contributed by atoms with Gasteiger partial charge in [-0.1, -0.05) is 0 Å². The lowest BCUT2D eigenvalue weighted by Crippen LogP contribution is -2.21. The maximum Gasteiger partial charge on any atom is 0.224 e. The molecule has 5 heteroatoms. The molecule has 1 amide bonds. The summed E-state index contributed by atoms with van der Waals surface area (Å²) in [6.07, 6.45) is 5.01. The molecule has 1 saturated heterocycles. The number of benzene rings is 1. The van der Waals surface area contributed by atoms with Crippen LogP contribution < -0.4 is 15.4 Å². The number of ether oxygens (including phenoxy) is 2. The van der Waals surface area contributed by atoms with E-state index in [9.17, 15) is 4.79 Å². The standard InChI is InChI=1S/C17H24N2O3/c20-17(7-5-15-3-1-2-9-21-15)19-14-4-6-16-13(11-14)12-18-8-10-22-16/h4,6,11,15,18H,1-3,5,7-10,12H2,(H,19,20). The zero-order valence-corrected chi connectivity index (χ0v) is 12.9. The fourth-order valence-corrected chi connectivity index (χ4v) is 2.94. The SMILES string of the molecule is O=C(CCC1CCCCO1)Nc1ccc2c(c1)CNCCO2. The van der Waals surface area contributed by atoms with Crippen LogP contribution in [0.3, 0.4) is 0 Å². The van der Waals surface area contributed by atoms with E-state index in [-0.39, 0.29) is 12.0 Å². The summed E-state index contributed by atoms with van der Waals surface area (Å²) in [5, 5.41) is 6.27. The topological polar surface area (TPSA) is 59.6 Å². The van der Waals surface area contributed by atoms with Crippen molar-refractivity contribution in [2.45, 2.75) is 44.8 Å². The molecule has 0 bridgehead atoms. The summed E-state index contributed by atoms with van der Waals surface area (Å²) in [5.74, 6) is 0.954. The van der Waals surface area contributed by atoms with Gasteiger partial charge >= 0.3 is 0 Å². The molecule has 2 aliphatic rings. The molecule has 0 aromatic heterocycles. The smallest absolute Gasteiger partial charge is 0.224 e. The van der Waals surface area contributed by atoms with Gasteiger partial charge in [0.05, 0.1) is 6.10 Å². The summed E-state index contributed by atoms with van der Waals surface area (Å²) in [7, 11) is 0. The maximum atomic E-state index is 12.1. The van der Waals surface area contributed by atoms with E-state index in [1.54, 1.807) is 0 Å². The molecule has 1 aromatic rings. The molecule has 0 aliphatic carbocycles. The molecule has 2 heterocycles. The summed E-state index contributed by atoms with van der Waals surface area (Å²) in [4.78, 5) is 12.1. The minimum Gasteiger partial charge on any atom is -0.492 e. The Morgan fingerprint density at radius 2 is 2.27 bits per heavy atom. The second-order valence-electron chi connectivity index (χ2n) is 5.92. The van der Waals surface area contributed by atoms with E-state index < -0.39 is 0 Å². The van der Waals surface area contributed by atoms with Gasteiger partial charge in [-0.2, -0.15) is 0 Å². The number of nitrogens with one attached hydrogen (secondary N) is 2. The summed E-state index contributed by atoms with van der Waals surface area (Å²) in [5.41, 5.74) is 1.92. The van der Waals surface area contributed by atoms with Crippen LogP contribution in [0.15, 0.2) is 18.2 Å². The van der Waals surface area contributed by atoms with Crippen LogP contribution in [0.4, 0.5) is 5.69 Å². The van der Waals surface area contributed by atoms with Crippen molar-refractivity contribution < 1.29 is 14.3 Å². The molecule has 120 valence electrons. The number of anilines is 1. The van der Waals surface area contributed by atoms with Crippen molar-refractivity contribution in [3.63, 3.8) is 0 Å². The van der Waals surface area contributed by atoms with E-state index in [4.69, 9.17) is 9.47 Å². The maximum absolute atomic E-state index is 12.1. The largest absolute Gasteiger partial charge is 0.492 e. The second-order valence-corrected chi connectivity index (χ2v) is 5.92. The monoisotopic (exact) mass is 304 g/mol. The van der Waals surface area contributed by atoms with Gasteiger partial charge in [0.1, 0.15) is 12.4 Å². The number of rotatable bonds is 4. The van der Waals surface area contributed by atoms with Gasteiger partial charge in [-0.3, -0.25) is 4.79 Å². The first-order chi connectivity index (χ1) is 10.8. The molecule has 5 nitrogen and oxygen atoms in total. The van der Waals surface area contributed by atoms with Crippen molar-refractivity contribution in [3.8, 4) is 5.75 Å². The fourth-order valence-electron chi connectivity index (χ4n) is 2.94. The lowest BCUT2D eigenvalue weighted by atomic mass is 10.0. The molecule has 0 saturated carbocycles. The molecule has 0 radical (unpaired) electrons. The lowest BCUT2D eigenvalue weighted by Gasteiger charge is -2.22. The van der Waals surface area contributed by atoms with Crippen LogP contribution in [0.25, 0.3) is 0 Å². The van der Waals surface area contributed by atoms with E-state index in [2.05, 4.69) is 10.6 Å². The average Bonchev–Trinajstić information content (AvgIpc) is 2.79. The van der Waals surface area contributed by atoms with Crippen LogP contribution in [-0.4, -0.2) is 31.8 Å². The van der Waals surface area contributed by atoms with Crippen molar-refractivity contribution in [2.24, 2.45) is 0 Å². The van der Waals surface area contributed by atoms with Crippen molar-refractivity contribution in [1.29, 1.82) is 0 Å². The zero-order chi connectivity index (χ0) is 15.2. The molecular formula is C17H24N2O3. The van der Waals surface area contributed by atoms with E-state index in [0.29, 0.717) is 13.0 Å². The minimum absolute atomic E-state index is 0.0524. The second kappa shape index (κ2) is 7.61. The van der Waals surface area contributed by atoms with Crippen molar-refractivity contribution in [1.82, 2.24) is 5.32 Å². The Morgan fingerprint density at radius 1 is 1.32 bits per heavy atom. The third kappa shape index (κ3) is 4.21. The van der Waals surface area contributed by atoms with Gasteiger partial charge in [-0.05, 0) is 43.9 Å². The fraction of sp³-hybridized carbons (Fsp3) is 0.588. The summed E-state index contributed by atoms with van der Waals surface area (Å²) in [6, 6.07) is 5.82. The quantitative estimate of drug-likeness (QED) is 0.897. The van der Waals surface area contributed by atoms with Crippen LogP contribution in [-0.2, 0) is 16.1 Å². The first-order valence-electron chi connectivity index (χ1n) is 8.19. The predicted octanol–water partition coefficient (Wildman–Crippen LogP) is 2.46. The van der Waals surface area contributed by atoms with E-state index in [1.165, 1.54) is 6.42 Å². The van der Waals surface area contributed by atoms with Crippen LogP contribution in [0, 0.1) is 0 Å². The molecule has 22 heavy (non-hydrogen) atoms. The highest BCUT2D eigenvalue weighted by atomic mass is 16.5. The highest BCUT2D eigenvalue weighted by Crippen LogP contribution is 2.24. The Balaban J connectivity index is 1.51. The van der Waals surface area contributed by atoms with Crippen molar-refractivity contribution >= 4 is 11.6 Å². The van der Waals surface area contributed by atoms with Gasteiger partial charge < -0.3 is 20.1 Å². The molecular weight excluding hydrogens is 280 g/mol. The molecule has 1 atom stereocenters. The van der Waals surface area contributed by atoms with Gasteiger partial charge in [0.25, 0.3) is 0 Å². The van der Waals surface area contributed by atoms with E-state index in [1.807, 2.05) is 18.2 Å². The van der Waals surface area contributed by atoms with E-state index >= 15 is 0 Å². The number of amides is 1. The van der Waals surface area contributed by atoms with Crippen LogP contribution in [0.2, 0.25) is 0 Å². The third-order valence-corrected chi connectivity index (χ3v) is 4.16. The Labute approximate surface area is 131 Å². The molecule has 1 fully saturated rings. The first-order valence-corrected chi connectivity index (χ1v) is 8.19. The number of hydrogen-bond donors (Lipinski definition) is 2. The highest BCUT2D eigenvalue weighted by Gasteiger charge is 2.16. The minimum atomic E-state index is 0.0524. The van der Waals surface area contributed by atoms with Gasteiger partial charge in [-0.25, -0.2) is 0 Å². The molecule has 1 unspecified atom stereocenters. The Kier molecular flexibility index (Phi) is 5.29. The number of fused-ring (bicyclic) bond motifs is 1. The Bertz CT molecular complexity index is 513. The number of hydrogen-bond acceptors (Lipinski definition) is 4. The summed E-state index contributed by atoms with van der Waals surface area (Å²) in [6.45, 7) is 3.14. The lowest BCUT2D eigenvalue weighted by molar-refractivity contribution is -0.117. The highest BCUT2D eigenvalue weighted by molar-refractivity contribution is 5.90. The Morgan fingerprint density at radius 3 is 3.14 bits per heavy atom. The third-order valence-electron chi connectivity index (χ3n) is 4.16. The predicted molar refractivity (Wildman–Crippen MR) is 85.1 cm³/mol. The number of carbonyl (C=O) groups is 1. The van der Waals surface area contributed by atoms with Crippen LogP contribution >= 0.6 is 0 Å². The normalized spacial score (nSPS) is 21.4. The van der Waals surface area contributed by atoms with Crippen LogP contribution in [0.5, 0.6) is 5.75 Å². The van der Waals surface area contributed by atoms with Gasteiger partial charge in [0.2, 0.25) is 5.91 Å². The van der Waals surface area contributed by atoms with Crippen LogP contribution in [0.1, 0.15) is 37.7 Å². The average molecular weight is 304 g/mol. The Hall–Kier alpha value is -1.59. The van der Waals surface area contributed by atoms with Crippen molar-refractivity contribution in [2.75, 3.05) is 25.1 Å². The first kappa shape index (κ1) is 15.3. The van der Waals surface area contributed by atoms with Crippen molar-refractivity contribution in [3.05, 3.63) is 23.8 Å². The van der Waals surface area contributed by atoms with Gasteiger partial charge in [0, 0.05) is 37.4 Å². The molecule has 2 N–H and O–H groups in total. The number of carbonyl (C=O) groups excluding carboxylic acids is 1. The van der Waals surface area contributed by atoms with Gasteiger partial charge in [0.15, 0.2) is 0 Å². The zero-order valence-electron chi connectivity index (χ0n) is 12.9. The van der Waals surface area contributed by atoms with Gasteiger partial charge in [-0.15, -0.1) is 0 Å².